The molecular weight excluding hydrogens is 312 g/mol. The van der Waals surface area contributed by atoms with Crippen LogP contribution in [0.1, 0.15) is 24.1 Å². The normalized spacial score (nSPS) is 17.8. The van der Waals surface area contributed by atoms with Crippen LogP contribution in [0.4, 0.5) is 13.2 Å². The van der Waals surface area contributed by atoms with Crippen LogP contribution in [0.25, 0.3) is 0 Å². The van der Waals surface area contributed by atoms with E-state index in [0.29, 0.717) is 0 Å². The Kier molecular flexibility index (Phi) is 7.88. The van der Waals surface area contributed by atoms with Crippen LogP contribution in [0.15, 0.2) is 24.3 Å². The van der Waals surface area contributed by atoms with E-state index in [9.17, 15) is 13.2 Å². The topological polar surface area (TPSA) is 15.3 Å². The van der Waals surface area contributed by atoms with Crippen molar-refractivity contribution in [3.8, 4) is 0 Å². The third-order valence-electron chi connectivity index (χ3n) is 3.40. The van der Waals surface area contributed by atoms with Gasteiger partial charge in [-0.2, -0.15) is 13.2 Å². The lowest BCUT2D eigenvalue weighted by Gasteiger charge is -2.33. The molecule has 2 rings (SSSR count). The van der Waals surface area contributed by atoms with Crippen LogP contribution in [-0.2, 0) is 6.18 Å². The molecule has 2 nitrogen and oxygen atoms in total. The van der Waals surface area contributed by atoms with Crippen molar-refractivity contribution in [3.05, 3.63) is 35.4 Å². The zero-order chi connectivity index (χ0) is 13.2. The fourth-order valence-electron chi connectivity index (χ4n) is 2.26. The maximum Gasteiger partial charge on any atom is 0.416 e. The lowest BCUT2D eigenvalue weighted by molar-refractivity contribution is -0.137. The van der Waals surface area contributed by atoms with Crippen LogP contribution in [0, 0.1) is 0 Å². The smallest absolute Gasteiger partial charge is 0.314 e. The Morgan fingerprint density at radius 3 is 2.30 bits per heavy atom. The molecule has 1 fully saturated rings. The van der Waals surface area contributed by atoms with Gasteiger partial charge < -0.3 is 5.32 Å². The lowest BCUT2D eigenvalue weighted by Crippen LogP contribution is -2.44. The van der Waals surface area contributed by atoms with Crippen LogP contribution in [0.5, 0.6) is 0 Å². The number of hydrogen-bond donors (Lipinski definition) is 1. The largest absolute Gasteiger partial charge is 0.416 e. The molecule has 0 aliphatic carbocycles. The molecule has 7 heteroatoms. The number of piperazine rings is 1. The molecule has 1 atom stereocenters. The first-order valence-corrected chi connectivity index (χ1v) is 6.10. The molecule has 0 radical (unpaired) electrons. The van der Waals surface area contributed by atoms with Gasteiger partial charge in [0, 0.05) is 32.2 Å². The molecule has 0 amide bonds. The highest BCUT2D eigenvalue weighted by molar-refractivity contribution is 5.85. The van der Waals surface area contributed by atoms with E-state index in [1.165, 1.54) is 12.1 Å². The van der Waals surface area contributed by atoms with Crippen molar-refractivity contribution in [3.63, 3.8) is 0 Å². The van der Waals surface area contributed by atoms with Gasteiger partial charge in [0.25, 0.3) is 0 Å². The Labute approximate surface area is 129 Å². The predicted molar refractivity (Wildman–Crippen MR) is 78.8 cm³/mol. The fourth-order valence-corrected chi connectivity index (χ4v) is 2.26. The van der Waals surface area contributed by atoms with Gasteiger partial charge >= 0.3 is 6.18 Å². The van der Waals surface area contributed by atoms with Gasteiger partial charge in [-0.3, -0.25) is 4.90 Å². The monoisotopic (exact) mass is 330 g/mol. The molecule has 1 aromatic rings. The molecule has 1 saturated heterocycles. The predicted octanol–water partition coefficient (Wildman–Crippen LogP) is 3.52. The Hall–Kier alpha value is -0.490. The summed E-state index contributed by atoms with van der Waals surface area (Å²) < 4.78 is 37.9. The maximum absolute atomic E-state index is 12.6. The third-order valence-corrected chi connectivity index (χ3v) is 3.40. The van der Waals surface area contributed by atoms with E-state index < -0.39 is 11.7 Å². The number of hydrogen-bond acceptors (Lipinski definition) is 2. The standard InChI is InChI=1S/C13H17F3N2.2ClH/c1-10(18-7-5-17-6-8-18)11-3-2-4-12(9-11)13(14,15)16;;/h2-4,9-10,17H,5-8H2,1H3;2*1H/t10-;;/m1../s1. The van der Waals surface area contributed by atoms with Crippen molar-refractivity contribution < 1.29 is 13.2 Å². The number of benzene rings is 1. The number of halogens is 5. The lowest BCUT2D eigenvalue weighted by atomic mass is 10.0. The molecule has 0 saturated carbocycles. The van der Waals surface area contributed by atoms with Crippen LogP contribution in [0.3, 0.4) is 0 Å². The summed E-state index contributed by atoms with van der Waals surface area (Å²) in [5.41, 5.74) is 0.161. The molecule has 1 aliphatic rings. The minimum absolute atomic E-state index is 0. The van der Waals surface area contributed by atoms with Crippen molar-refractivity contribution >= 4 is 24.8 Å². The van der Waals surface area contributed by atoms with Crippen molar-refractivity contribution in [1.29, 1.82) is 0 Å². The summed E-state index contributed by atoms with van der Waals surface area (Å²) in [6.07, 6.45) is -4.26. The van der Waals surface area contributed by atoms with Crippen LogP contribution >= 0.6 is 24.8 Å². The first kappa shape index (κ1) is 19.5. The Balaban J connectivity index is 0.00000180. The summed E-state index contributed by atoms with van der Waals surface area (Å²) in [4.78, 5) is 2.20. The van der Waals surface area contributed by atoms with Gasteiger partial charge in [-0.15, -0.1) is 24.8 Å². The van der Waals surface area contributed by atoms with Crippen molar-refractivity contribution in [2.45, 2.75) is 19.1 Å². The van der Waals surface area contributed by atoms with Crippen LogP contribution < -0.4 is 5.32 Å². The first-order valence-electron chi connectivity index (χ1n) is 6.10. The second kappa shape index (κ2) is 8.08. The van der Waals surface area contributed by atoms with Gasteiger partial charge in [-0.25, -0.2) is 0 Å². The van der Waals surface area contributed by atoms with E-state index in [0.717, 1.165) is 37.8 Å². The summed E-state index contributed by atoms with van der Waals surface area (Å²) >= 11 is 0. The highest BCUT2D eigenvalue weighted by Crippen LogP contribution is 2.31. The minimum Gasteiger partial charge on any atom is -0.314 e. The molecule has 1 aromatic carbocycles. The van der Waals surface area contributed by atoms with Crippen molar-refractivity contribution in [2.75, 3.05) is 26.2 Å². The molecule has 116 valence electrons. The third kappa shape index (κ3) is 4.81. The van der Waals surface area contributed by atoms with Gasteiger partial charge in [-0.05, 0) is 24.6 Å². The molecule has 0 unspecified atom stereocenters. The molecule has 1 N–H and O–H groups in total. The SMILES string of the molecule is C[C@H](c1cccc(C(F)(F)F)c1)N1CCNCC1.Cl.Cl. The number of nitrogens with one attached hydrogen (secondary N) is 1. The highest BCUT2D eigenvalue weighted by Gasteiger charge is 2.31. The van der Waals surface area contributed by atoms with Crippen LogP contribution in [-0.4, -0.2) is 31.1 Å². The fraction of sp³-hybridized carbons (Fsp3) is 0.538. The Morgan fingerprint density at radius 2 is 1.75 bits per heavy atom. The zero-order valence-corrected chi connectivity index (χ0v) is 12.7. The second-order valence-corrected chi connectivity index (χ2v) is 4.59. The molecule has 0 aromatic heterocycles. The number of rotatable bonds is 2. The number of alkyl halides is 3. The molecule has 20 heavy (non-hydrogen) atoms. The first-order chi connectivity index (χ1) is 8.48. The van der Waals surface area contributed by atoms with E-state index in [-0.39, 0.29) is 30.9 Å². The average molecular weight is 331 g/mol. The molecule has 1 heterocycles. The summed E-state index contributed by atoms with van der Waals surface area (Å²) in [6.45, 7) is 5.49. The molecule has 1 aliphatic heterocycles. The van der Waals surface area contributed by atoms with Gasteiger partial charge in [-0.1, -0.05) is 12.1 Å². The summed E-state index contributed by atoms with van der Waals surface area (Å²) in [6, 6.07) is 5.65. The van der Waals surface area contributed by atoms with Gasteiger partial charge in [0.1, 0.15) is 0 Å². The van der Waals surface area contributed by atoms with Gasteiger partial charge in [0.2, 0.25) is 0 Å². The summed E-state index contributed by atoms with van der Waals surface area (Å²) in [7, 11) is 0. The van der Waals surface area contributed by atoms with Crippen molar-refractivity contribution in [2.24, 2.45) is 0 Å². The van der Waals surface area contributed by atoms with Crippen molar-refractivity contribution in [1.82, 2.24) is 10.2 Å². The van der Waals surface area contributed by atoms with E-state index >= 15 is 0 Å². The molecule has 0 spiro atoms. The van der Waals surface area contributed by atoms with E-state index in [4.69, 9.17) is 0 Å². The second-order valence-electron chi connectivity index (χ2n) is 4.59. The van der Waals surface area contributed by atoms with Gasteiger partial charge in [0.05, 0.1) is 5.56 Å². The molecule has 0 bridgehead atoms. The van der Waals surface area contributed by atoms with E-state index in [1.807, 2.05) is 6.92 Å². The highest BCUT2D eigenvalue weighted by atomic mass is 35.5. The summed E-state index contributed by atoms with van der Waals surface area (Å²) in [5, 5.41) is 3.24. The quantitative estimate of drug-likeness (QED) is 0.892. The number of nitrogens with zero attached hydrogens (tertiary/aromatic N) is 1. The minimum atomic E-state index is -4.26. The van der Waals surface area contributed by atoms with Gasteiger partial charge in [0.15, 0.2) is 0 Å². The van der Waals surface area contributed by atoms with E-state index in [1.54, 1.807) is 6.07 Å². The van der Waals surface area contributed by atoms with E-state index in [2.05, 4.69) is 10.2 Å². The molecular formula is C13H19Cl2F3N2. The zero-order valence-electron chi connectivity index (χ0n) is 11.1. The maximum atomic E-state index is 12.6. The average Bonchev–Trinajstić information content (AvgIpc) is 2.38. The Bertz CT molecular complexity index is 407. The summed E-state index contributed by atoms with van der Waals surface area (Å²) in [5.74, 6) is 0. The van der Waals surface area contributed by atoms with Crippen LogP contribution in [0.2, 0.25) is 0 Å². The Morgan fingerprint density at radius 1 is 1.15 bits per heavy atom.